The van der Waals surface area contributed by atoms with Gasteiger partial charge in [-0.05, 0) is 55.5 Å². The summed E-state index contributed by atoms with van der Waals surface area (Å²) in [5.41, 5.74) is -0.197. The maximum atomic E-state index is 14.5. The van der Waals surface area contributed by atoms with Crippen LogP contribution >= 0.6 is 11.3 Å². The van der Waals surface area contributed by atoms with Crippen LogP contribution < -0.4 is 15.8 Å². The first kappa shape index (κ1) is 28.4. The minimum Gasteiger partial charge on any atom is -0.489 e. The molecule has 2 aromatic heterocycles. The minimum absolute atomic E-state index is 0.00113. The van der Waals surface area contributed by atoms with Gasteiger partial charge in [0, 0.05) is 16.7 Å². The average Bonchev–Trinajstić information content (AvgIpc) is 3.52. The average molecular weight is 591 g/mol. The van der Waals surface area contributed by atoms with E-state index in [9.17, 15) is 37.4 Å². The summed E-state index contributed by atoms with van der Waals surface area (Å²) < 4.78 is 63.4. The molecular weight excluding hydrogens is 568 g/mol. The Morgan fingerprint density at radius 1 is 1.15 bits per heavy atom. The van der Waals surface area contributed by atoms with E-state index in [2.05, 4.69) is 15.3 Å². The molecule has 1 aliphatic heterocycles. The molecule has 0 saturated carbocycles. The molecule has 14 heteroatoms. The first-order valence-corrected chi connectivity index (χ1v) is 12.9. The van der Waals surface area contributed by atoms with Crippen LogP contribution in [0.3, 0.4) is 0 Å². The molecule has 2 aromatic carbocycles. The minimum atomic E-state index is -5.35. The summed E-state index contributed by atoms with van der Waals surface area (Å²) in [5, 5.41) is 22.9. The van der Waals surface area contributed by atoms with E-state index >= 15 is 0 Å². The number of aliphatic hydroxyl groups is 2. The second-order valence-corrected chi connectivity index (χ2v) is 10.8. The molecule has 1 aliphatic rings. The van der Waals surface area contributed by atoms with Crippen LogP contribution in [0, 0.1) is 5.82 Å². The number of halogens is 4. The van der Waals surface area contributed by atoms with Gasteiger partial charge in [-0.25, -0.2) is 14.4 Å². The van der Waals surface area contributed by atoms with Gasteiger partial charge in [-0.2, -0.15) is 13.2 Å². The number of carbonyl (C=O) groups excluding carboxylic acids is 2. The van der Waals surface area contributed by atoms with Crippen molar-refractivity contribution in [1.29, 1.82) is 0 Å². The largest absolute Gasteiger partial charge is 0.489 e. The van der Waals surface area contributed by atoms with Gasteiger partial charge < -0.3 is 26.0 Å². The number of rotatable bonds is 7. The highest BCUT2D eigenvalue weighted by molar-refractivity contribution is 7.18. The lowest BCUT2D eigenvalue weighted by Crippen LogP contribution is -2.51. The number of alkyl halides is 3. The third kappa shape index (κ3) is 4.87. The van der Waals surface area contributed by atoms with Crippen LogP contribution in [0.4, 0.5) is 17.6 Å². The molecular formula is C27H22F4N4O5S. The van der Waals surface area contributed by atoms with Crippen LogP contribution in [0.2, 0.25) is 0 Å². The zero-order valence-electron chi connectivity index (χ0n) is 21.3. The number of ether oxygens (including phenoxy) is 1. The molecule has 0 radical (unpaired) electrons. The van der Waals surface area contributed by atoms with Gasteiger partial charge in [-0.15, -0.1) is 11.3 Å². The molecule has 9 nitrogen and oxygen atoms in total. The van der Waals surface area contributed by atoms with E-state index in [-0.39, 0.29) is 41.3 Å². The van der Waals surface area contributed by atoms with Gasteiger partial charge in [0.05, 0.1) is 29.1 Å². The number of pyridine rings is 1. The number of fused-ring (bicyclic) bond motifs is 2. The number of primary amides is 1. The van der Waals surface area contributed by atoms with E-state index in [1.807, 2.05) is 0 Å². The quantitative estimate of drug-likeness (QED) is 0.242. The highest BCUT2D eigenvalue weighted by Crippen LogP contribution is 2.47. The Kier molecular flexibility index (Phi) is 6.96. The van der Waals surface area contributed by atoms with E-state index in [0.717, 1.165) is 29.5 Å². The predicted molar refractivity (Wildman–Crippen MR) is 140 cm³/mol. The number of hydrogen-bond donors (Lipinski definition) is 4. The van der Waals surface area contributed by atoms with Crippen molar-refractivity contribution in [3.63, 3.8) is 0 Å². The van der Waals surface area contributed by atoms with E-state index < -0.39 is 47.1 Å². The summed E-state index contributed by atoms with van der Waals surface area (Å²) >= 11 is 1.11. The third-order valence-electron chi connectivity index (χ3n) is 6.96. The number of benzene rings is 2. The van der Waals surface area contributed by atoms with Gasteiger partial charge in [0.2, 0.25) is 11.5 Å². The van der Waals surface area contributed by atoms with Crippen molar-refractivity contribution in [2.75, 3.05) is 13.2 Å². The van der Waals surface area contributed by atoms with Crippen LogP contribution in [0.1, 0.15) is 33.5 Å². The smallest absolute Gasteiger partial charge is 0.424 e. The first-order chi connectivity index (χ1) is 19.3. The molecule has 41 heavy (non-hydrogen) atoms. The SMILES string of the molecule is C[C@]1(C(N)=O)COc2c1cc(C(O)(CNC(=O)c1ccc3nc(CO)sc3c1)C(F)(F)F)nc2-c1ccc(F)cc1. The lowest BCUT2D eigenvalue weighted by Gasteiger charge is -2.31. The Hall–Kier alpha value is -4.14. The number of thiazole rings is 1. The first-order valence-electron chi connectivity index (χ1n) is 12.1. The molecule has 214 valence electrons. The van der Waals surface area contributed by atoms with Crippen molar-refractivity contribution < 1.29 is 42.1 Å². The fourth-order valence-corrected chi connectivity index (χ4v) is 5.30. The lowest BCUT2D eigenvalue weighted by atomic mass is 9.81. The van der Waals surface area contributed by atoms with Crippen LogP contribution in [0.15, 0.2) is 48.5 Å². The van der Waals surface area contributed by atoms with E-state index in [1.54, 1.807) is 0 Å². The van der Waals surface area contributed by atoms with Crippen LogP contribution in [0.5, 0.6) is 5.75 Å². The number of carbonyl (C=O) groups is 2. The Bertz CT molecular complexity index is 1680. The molecule has 0 spiro atoms. The topological polar surface area (TPSA) is 148 Å². The van der Waals surface area contributed by atoms with Gasteiger partial charge >= 0.3 is 6.18 Å². The zero-order chi connectivity index (χ0) is 29.7. The van der Waals surface area contributed by atoms with Crippen LogP contribution in [-0.4, -0.2) is 51.3 Å². The van der Waals surface area contributed by atoms with E-state index in [0.29, 0.717) is 15.2 Å². The normalized spacial score (nSPS) is 18.0. The number of nitrogens with one attached hydrogen (secondary N) is 1. The summed E-state index contributed by atoms with van der Waals surface area (Å²) in [4.78, 5) is 33.4. The summed E-state index contributed by atoms with van der Waals surface area (Å²) in [6.45, 7) is -0.560. The molecule has 3 heterocycles. The van der Waals surface area contributed by atoms with E-state index in [4.69, 9.17) is 10.5 Å². The maximum Gasteiger partial charge on any atom is 0.424 e. The van der Waals surface area contributed by atoms with Crippen molar-refractivity contribution in [3.8, 4) is 17.0 Å². The number of aromatic nitrogens is 2. The monoisotopic (exact) mass is 590 g/mol. The Labute approximate surface area is 233 Å². The second kappa shape index (κ2) is 10.0. The number of amides is 2. The molecule has 1 unspecified atom stereocenters. The van der Waals surface area contributed by atoms with Gasteiger partial charge in [0.1, 0.15) is 34.3 Å². The standard InChI is InChI=1S/C27H22F4N4O5S/c1-25(24(32)38)12-40-22-16(25)9-19(35-21(22)13-2-5-15(28)6-3-13)26(39,27(29,30)31)11-33-23(37)14-4-7-17-18(8-14)41-20(10-36)34-17/h2-9,36,39H,10-12H2,1H3,(H2,32,38)(H,33,37)/t25-,26?/m0/s1. The fourth-order valence-electron chi connectivity index (χ4n) is 4.43. The number of hydrogen-bond acceptors (Lipinski definition) is 8. The Morgan fingerprint density at radius 2 is 1.85 bits per heavy atom. The molecule has 5 rings (SSSR count). The third-order valence-corrected chi connectivity index (χ3v) is 7.96. The van der Waals surface area contributed by atoms with Crippen molar-refractivity contribution >= 4 is 33.4 Å². The molecule has 0 fully saturated rings. The van der Waals surface area contributed by atoms with Crippen LogP contribution in [0.25, 0.3) is 21.5 Å². The summed E-state index contributed by atoms with van der Waals surface area (Å²) in [6, 6.07) is 9.78. The second-order valence-electron chi connectivity index (χ2n) is 9.71. The highest BCUT2D eigenvalue weighted by Gasteiger charge is 2.57. The Balaban J connectivity index is 1.57. The van der Waals surface area contributed by atoms with Crippen molar-refractivity contribution in [2.24, 2.45) is 5.73 Å². The Morgan fingerprint density at radius 3 is 2.49 bits per heavy atom. The molecule has 2 amide bonds. The van der Waals surface area contributed by atoms with Crippen LogP contribution in [-0.2, 0) is 22.4 Å². The van der Waals surface area contributed by atoms with Crippen molar-refractivity contribution in [1.82, 2.24) is 15.3 Å². The summed E-state index contributed by atoms with van der Waals surface area (Å²) in [5.74, 6) is -2.44. The fraction of sp³-hybridized carbons (Fsp3) is 0.259. The van der Waals surface area contributed by atoms with Gasteiger partial charge in [-0.3, -0.25) is 9.59 Å². The summed E-state index contributed by atoms with van der Waals surface area (Å²) in [6.07, 6.45) is -5.35. The number of nitrogens with zero attached hydrogens (tertiary/aromatic N) is 2. The molecule has 0 saturated heterocycles. The molecule has 4 aromatic rings. The molecule has 2 atom stereocenters. The number of nitrogens with two attached hydrogens (primary N) is 1. The summed E-state index contributed by atoms with van der Waals surface area (Å²) in [7, 11) is 0. The van der Waals surface area contributed by atoms with Crippen molar-refractivity contribution in [3.05, 3.63) is 76.2 Å². The number of aliphatic hydroxyl groups excluding tert-OH is 1. The lowest BCUT2D eigenvalue weighted by molar-refractivity contribution is -0.265. The van der Waals surface area contributed by atoms with Gasteiger partial charge in [0.15, 0.2) is 0 Å². The predicted octanol–water partition coefficient (Wildman–Crippen LogP) is 3.31. The van der Waals surface area contributed by atoms with Gasteiger partial charge in [-0.1, -0.05) is 0 Å². The van der Waals surface area contributed by atoms with Crippen molar-refractivity contribution in [2.45, 2.75) is 30.7 Å². The molecule has 5 N–H and O–H groups in total. The molecule has 0 bridgehead atoms. The van der Waals surface area contributed by atoms with E-state index in [1.165, 1.54) is 37.3 Å². The maximum absolute atomic E-state index is 14.5. The highest BCUT2D eigenvalue weighted by atomic mass is 32.1. The zero-order valence-corrected chi connectivity index (χ0v) is 22.1. The van der Waals surface area contributed by atoms with Gasteiger partial charge in [0.25, 0.3) is 5.91 Å². The molecule has 0 aliphatic carbocycles.